The van der Waals surface area contributed by atoms with Crippen LogP contribution < -0.4 is 14.4 Å². The van der Waals surface area contributed by atoms with Gasteiger partial charge in [-0.3, -0.25) is 4.90 Å². The summed E-state index contributed by atoms with van der Waals surface area (Å²) in [5.41, 5.74) is 2.14. The van der Waals surface area contributed by atoms with Gasteiger partial charge in [-0.25, -0.2) is 0 Å². The molecule has 1 fully saturated rings. The highest BCUT2D eigenvalue weighted by molar-refractivity contribution is 5.58. The molecule has 0 amide bonds. The van der Waals surface area contributed by atoms with Crippen molar-refractivity contribution in [3.8, 4) is 11.5 Å². The second-order valence-corrected chi connectivity index (χ2v) is 7.17. The molecule has 158 valence electrons. The van der Waals surface area contributed by atoms with Gasteiger partial charge in [-0.2, -0.15) is 0 Å². The Morgan fingerprint density at radius 3 is 2.38 bits per heavy atom. The fourth-order valence-corrected chi connectivity index (χ4v) is 3.65. The molecule has 0 aliphatic carbocycles. The molecule has 6 nitrogen and oxygen atoms in total. The molecule has 2 aromatic rings. The zero-order chi connectivity index (χ0) is 20.5. The van der Waals surface area contributed by atoms with E-state index in [4.69, 9.17) is 14.2 Å². The van der Waals surface area contributed by atoms with Gasteiger partial charge in [0, 0.05) is 38.3 Å². The number of aliphatic hydroxyl groups is 1. The Labute approximate surface area is 173 Å². The van der Waals surface area contributed by atoms with E-state index >= 15 is 0 Å². The van der Waals surface area contributed by atoms with Gasteiger partial charge in [0.25, 0.3) is 0 Å². The van der Waals surface area contributed by atoms with Crippen molar-refractivity contribution in [2.24, 2.45) is 0 Å². The van der Waals surface area contributed by atoms with Crippen molar-refractivity contribution in [3.63, 3.8) is 0 Å². The standard InChI is InChI=1S/C23H32N2O4/c1-3-29-23-11-7-5-9-21(23)25-14-12-24(13-15-25)16-20(26)18-28-17-19-8-4-6-10-22(19)27-2/h4-11,20,26H,3,12-18H2,1-2H3. The third kappa shape index (κ3) is 6.10. The van der Waals surface area contributed by atoms with Crippen LogP contribution in [-0.2, 0) is 11.3 Å². The van der Waals surface area contributed by atoms with Crippen LogP contribution in [0.2, 0.25) is 0 Å². The number of rotatable bonds is 10. The minimum absolute atomic E-state index is 0.311. The van der Waals surface area contributed by atoms with Gasteiger partial charge in [0.05, 0.1) is 38.7 Å². The van der Waals surface area contributed by atoms with Crippen LogP contribution in [0, 0.1) is 0 Å². The van der Waals surface area contributed by atoms with E-state index in [1.807, 2.05) is 49.4 Å². The maximum absolute atomic E-state index is 10.4. The molecule has 1 N–H and O–H groups in total. The second-order valence-electron chi connectivity index (χ2n) is 7.17. The molecule has 1 saturated heterocycles. The number of hydrogen-bond acceptors (Lipinski definition) is 6. The normalized spacial score (nSPS) is 15.9. The molecular formula is C23H32N2O4. The van der Waals surface area contributed by atoms with E-state index in [9.17, 15) is 5.11 Å². The Morgan fingerprint density at radius 1 is 0.966 bits per heavy atom. The van der Waals surface area contributed by atoms with E-state index in [1.165, 1.54) is 0 Å². The molecule has 1 unspecified atom stereocenters. The molecule has 1 aliphatic heterocycles. The van der Waals surface area contributed by atoms with Crippen LogP contribution in [0.4, 0.5) is 5.69 Å². The Morgan fingerprint density at radius 2 is 1.66 bits per heavy atom. The first-order valence-electron chi connectivity index (χ1n) is 10.3. The number of aliphatic hydroxyl groups excluding tert-OH is 1. The number of β-amino-alcohol motifs (C(OH)–C–C–N with tert-alkyl or cyclic N) is 1. The summed E-state index contributed by atoms with van der Waals surface area (Å²) in [6.07, 6.45) is -0.507. The first kappa shape index (κ1) is 21.4. The summed E-state index contributed by atoms with van der Waals surface area (Å²) in [6.45, 7) is 7.68. The Balaban J connectivity index is 1.41. The van der Waals surface area contributed by atoms with Crippen molar-refractivity contribution >= 4 is 5.69 Å². The summed E-state index contributed by atoms with van der Waals surface area (Å²) in [5, 5.41) is 10.4. The smallest absolute Gasteiger partial charge is 0.142 e. The lowest BCUT2D eigenvalue weighted by atomic mass is 10.2. The Hall–Kier alpha value is -2.28. The number of ether oxygens (including phenoxy) is 3. The first-order valence-corrected chi connectivity index (χ1v) is 10.3. The van der Waals surface area contributed by atoms with Crippen LogP contribution in [0.15, 0.2) is 48.5 Å². The molecule has 0 radical (unpaired) electrons. The van der Waals surface area contributed by atoms with E-state index in [0.717, 1.165) is 48.9 Å². The average molecular weight is 401 g/mol. The third-order valence-electron chi connectivity index (χ3n) is 5.11. The largest absolute Gasteiger partial charge is 0.496 e. The summed E-state index contributed by atoms with van der Waals surface area (Å²) in [7, 11) is 1.65. The molecule has 0 saturated carbocycles. The molecule has 1 heterocycles. The topological polar surface area (TPSA) is 54.4 Å². The molecule has 0 aromatic heterocycles. The van der Waals surface area contributed by atoms with Crippen molar-refractivity contribution in [2.45, 2.75) is 19.6 Å². The van der Waals surface area contributed by atoms with Crippen molar-refractivity contribution in [1.29, 1.82) is 0 Å². The van der Waals surface area contributed by atoms with E-state index in [1.54, 1.807) is 7.11 Å². The first-order chi connectivity index (χ1) is 14.2. The fourth-order valence-electron chi connectivity index (χ4n) is 3.65. The number of anilines is 1. The number of benzene rings is 2. The predicted molar refractivity (Wildman–Crippen MR) is 115 cm³/mol. The van der Waals surface area contributed by atoms with E-state index in [0.29, 0.717) is 26.4 Å². The van der Waals surface area contributed by atoms with Gasteiger partial charge in [-0.05, 0) is 25.1 Å². The summed E-state index contributed by atoms with van der Waals surface area (Å²) in [4.78, 5) is 4.64. The van der Waals surface area contributed by atoms with Crippen molar-refractivity contribution in [2.75, 3.05) is 57.9 Å². The molecule has 2 aromatic carbocycles. The van der Waals surface area contributed by atoms with Crippen LogP contribution in [0.3, 0.4) is 0 Å². The van der Waals surface area contributed by atoms with Gasteiger partial charge in [-0.15, -0.1) is 0 Å². The maximum Gasteiger partial charge on any atom is 0.142 e. The van der Waals surface area contributed by atoms with Crippen LogP contribution in [-0.4, -0.2) is 69.2 Å². The van der Waals surface area contributed by atoms with Gasteiger partial charge in [0.2, 0.25) is 0 Å². The summed E-state index contributed by atoms with van der Waals surface area (Å²) >= 11 is 0. The molecular weight excluding hydrogens is 368 g/mol. The zero-order valence-corrected chi connectivity index (χ0v) is 17.4. The van der Waals surface area contributed by atoms with Crippen molar-refractivity contribution in [1.82, 2.24) is 4.90 Å². The van der Waals surface area contributed by atoms with Crippen LogP contribution in [0.1, 0.15) is 12.5 Å². The average Bonchev–Trinajstić information content (AvgIpc) is 2.75. The van der Waals surface area contributed by atoms with Crippen LogP contribution >= 0.6 is 0 Å². The molecule has 0 spiro atoms. The molecule has 6 heteroatoms. The molecule has 29 heavy (non-hydrogen) atoms. The molecule has 1 aliphatic rings. The summed E-state index contributed by atoms with van der Waals surface area (Å²) < 4.78 is 16.8. The fraction of sp³-hybridized carbons (Fsp3) is 0.478. The summed E-state index contributed by atoms with van der Waals surface area (Å²) in [6, 6.07) is 16.0. The Kier molecular flexibility index (Phi) is 8.16. The Bertz CT molecular complexity index is 747. The SMILES string of the molecule is CCOc1ccccc1N1CCN(CC(O)COCc2ccccc2OC)CC1. The van der Waals surface area contributed by atoms with Gasteiger partial charge < -0.3 is 24.2 Å². The van der Waals surface area contributed by atoms with Gasteiger partial charge >= 0.3 is 0 Å². The number of nitrogens with zero attached hydrogens (tertiary/aromatic N) is 2. The number of piperazine rings is 1. The third-order valence-corrected chi connectivity index (χ3v) is 5.11. The minimum atomic E-state index is -0.507. The maximum atomic E-state index is 10.4. The highest BCUT2D eigenvalue weighted by Crippen LogP contribution is 2.28. The van der Waals surface area contributed by atoms with Crippen LogP contribution in [0.25, 0.3) is 0 Å². The number of hydrogen-bond donors (Lipinski definition) is 1. The predicted octanol–water partition coefficient (Wildman–Crippen LogP) is 2.79. The monoisotopic (exact) mass is 400 g/mol. The lowest BCUT2D eigenvalue weighted by molar-refractivity contribution is 0.00865. The number of methoxy groups -OCH3 is 1. The lowest BCUT2D eigenvalue weighted by Crippen LogP contribution is -2.49. The van der Waals surface area contributed by atoms with Gasteiger partial charge in [-0.1, -0.05) is 30.3 Å². The van der Waals surface area contributed by atoms with Gasteiger partial charge in [0.15, 0.2) is 0 Å². The highest BCUT2D eigenvalue weighted by Gasteiger charge is 2.21. The molecule has 3 rings (SSSR count). The van der Waals surface area contributed by atoms with Gasteiger partial charge in [0.1, 0.15) is 11.5 Å². The molecule has 0 bridgehead atoms. The quantitative estimate of drug-likeness (QED) is 0.662. The zero-order valence-electron chi connectivity index (χ0n) is 17.4. The van der Waals surface area contributed by atoms with E-state index in [2.05, 4.69) is 15.9 Å². The molecule has 1 atom stereocenters. The lowest BCUT2D eigenvalue weighted by Gasteiger charge is -2.37. The van der Waals surface area contributed by atoms with Crippen molar-refractivity contribution < 1.29 is 19.3 Å². The van der Waals surface area contributed by atoms with Crippen molar-refractivity contribution in [3.05, 3.63) is 54.1 Å². The van der Waals surface area contributed by atoms with Crippen LogP contribution in [0.5, 0.6) is 11.5 Å². The van der Waals surface area contributed by atoms with E-state index < -0.39 is 6.10 Å². The highest BCUT2D eigenvalue weighted by atomic mass is 16.5. The second kappa shape index (κ2) is 11.0. The number of para-hydroxylation sites is 3. The minimum Gasteiger partial charge on any atom is -0.496 e. The van der Waals surface area contributed by atoms with E-state index in [-0.39, 0.29) is 0 Å². The summed E-state index contributed by atoms with van der Waals surface area (Å²) in [5.74, 6) is 1.75.